The number of piperazine rings is 1. The number of amides is 2. The standard InChI is InChI=1S/C20H21FN2O2/c1-14-10-17(8-9-18(14)21)12-23-15(2)20(25)22(13-19(23)24)11-16-6-4-3-5-7-16/h3-10,15H,11-13H2,1-2H3/t15-/m0/s1. The van der Waals surface area contributed by atoms with Gasteiger partial charge in [-0.3, -0.25) is 9.59 Å². The number of carbonyl (C=O) groups is 2. The first-order chi connectivity index (χ1) is 12.0. The Labute approximate surface area is 146 Å². The predicted molar refractivity (Wildman–Crippen MR) is 93.0 cm³/mol. The molecule has 2 aromatic carbocycles. The summed E-state index contributed by atoms with van der Waals surface area (Å²) < 4.78 is 13.4. The van der Waals surface area contributed by atoms with Gasteiger partial charge in [0.25, 0.3) is 0 Å². The summed E-state index contributed by atoms with van der Waals surface area (Å²) in [6, 6.07) is 13.9. The molecule has 0 unspecified atom stereocenters. The number of rotatable bonds is 4. The van der Waals surface area contributed by atoms with Gasteiger partial charge in [-0.25, -0.2) is 4.39 Å². The molecule has 0 N–H and O–H groups in total. The van der Waals surface area contributed by atoms with Crippen molar-refractivity contribution in [1.82, 2.24) is 9.80 Å². The molecule has 0 bridgehead atoms. The van der Waals surface area contributed by atoms with Crippen LogP contribution in [0.3, 0.4) is 0 Å². The summed E-state index contributed by atoms with van der Waals surface area (Å²) in [6.45, 7) is 4.24. The van der Waals surface area contributed by atoms with Gasteiger partial charge in [0.05, 0.1) is 0 Å². The molecule has 25 heavy (non-hydrogen) atoms. The van der Waals surface area contributed by atoms with Gasteiger partial charge < -0.3 is 9.80 Å². The lowest BCUT2D eigenvalue weighted by Gasteiger charge is -2.39. The molecule has 130 valence electrons. The van der Waals surface area contributed by atoms with E-state index in [1.54, 1.807) is 35.8 Å². The Kier molecular flexibility index (Phi) is 4.83. The van der Waals surface area contributed by atoms with Crippen molar-refractivity contribution in [3.05, 3.63) is 71.0 Å². The van der Waals surface area contributed by atoms with Gasteiger partial charge >= 0.3 is 0 Å². The molecule has 0 spiro atoms. The first-order valence-corrected chi connectivity index (χ1v) is 8.33. The number of benzene rings is 2. The summed E-state index contributed by atoms with van der Waals surface area (Å²) in [7, 11) is 0. The molecular formula is C20H21FN2O2. The molecule has 5 heteroatoms. The summed E-state index contributed by atoms with van der Waals surface area (Å²) >= 11 is 0. The van der Waals surface area contributed by atoms with Crippen LogP contribution in [0.1, 0.15) is 23.6 Å². The monoisotopic (exact) mass is 340 g/mol. The van der Waals surface area contributed by atoms with Crippen molar-refractivity contribution in [3.8, 4) is 0 Å². The fraction of sp³-hybridized carbons (Fsp3) is 0.300. The van der Waals surface area contributed by atoms with Crippen LogP contribution >= 0.6 is 0 Å². The average Bonchev–Trinajstić information content (AvgIpc) is 2.60. The molecule has 1 heterocycles. The maximum absolute atomic E-state index is 13.4. The van der Waals surface area contributed by atoms with E-state index in [0.29, 0.717) is 18.7 Å². The molecule has 1 fully saturated rings. The van der Waals surface area contributed by atoms with Gasteiger partial charge in [-0.15, -0.1) is 0 Å². The molecule has 1 aliphatic rings. The molecule has 4 nitrogen and oxygen atoms in total. The molecule has 1 aliphatic heterocycles. The van der Waals surface area contributed by atoms with E-state index in [9.17, 15) is 14.0 Å². The van der Waals surface area contributed by atoms with E-state index in [1.807, 2.05) is 30.3 Å². The normalized spacial score (nSPS) is 18.0. The van der Waals surface area contributed by atoms with E-state index in [2.05, 4.69) is 0 Å². The van der Waals surface area contributed by atoms with Crippen LogP contribution in [0.4, 0.5) is 4.39 Å². The zero-order valence-corrected chi connectivity index (χ0v) is 14.4. The van der Waals surface area contributed by atoms with E-state index in [4.69, 9.17) is 0 Å². The molecule has 2 aromatic rings. The van der Waals surface area contributed by atoms with Crippen molar-refractivity contribution in [3.63, 3.8) is 0 Å². The third-order valence-corrected chi connectivity index (χ3v) is 4.57. The average molecular weight is 340 g/mol. The minimum absolute atomic E-state index is 0.0673. The Hall–Kier alpha value is -2.69. The van der Waals surface area contributed by atoms with Crippen molar-refractivity contribution >= 4 is 11.8 Å². The Bertz CT molecular complexity index is 792. The van der Waals surface area contributed by atoms with E-state index in [-0.39, 0.29) is 24.2 Å². The second-order valence-electron chi connectivity index (χ2n) is 6.46. The third-order valence-electron chi connectivity index (χ3n) is 4.57. The van der Waals surface area contributed by atoms with Crippen molar-refractivity contribution in [1.29, 1.82) is 0 Å². The van der Waals surface area contributed by atoms with E-state index < -0.39 is 6.04 Å². The van der Waals surface area contributed by atoms with E-state index in [0.717, 1.165) is 11.1 Å². The highest BCUT2D eigenvalue weighted by Gasteiger charge is 2.36. The number of nitrogens with zero attached hydrogens (tertiary/aromatic N) is 2. The van der Waals surface area contributed by atoms with Crippen LogP contribution in [0.15, 0.2) is 48.5 Å². The van der Waals surface area contributed by atoms with Gasteiger partial charge in [0.2, 0.25) is 11.8 Å². The van der Waals surface area contributed by atoms with Crippen LogP contribution in [0.25, 0.3) is 0 Å². The lowest BCUT2D eigenvalue weighted by atomic mass is 10.1. The Morgan fingerprint density at radius 1 is 1.04 bits per heavy atom. The fourth-order valence-corrected chi connectivity index (χ4v) is 3.11. The molecule has 2 amide bonds. The molecule has 1 atom stereocenters. The van der Waals surface area contributed by atoms with Gasteiger partial charge in [0.1, 0.15) is 18.4 Å². The minimum atomic E-state index is -0.532. The van der Waals surface area contributed by atoms with Crippen LogP contribution < -0.4 is 0 Å². The maximum Gasteiger partial charge on any atom is 0.245 e. The summed E-state index contributed by atoms with van der Waals surface area (Å²) in [6.07, 6.45) is 0. The SMILES string of the molecule is Cc1cc(CN2C(=O)CN(Cc3ccccc3)C(=O)[C@@H]2C)ccc1F. The van der Waals surface area contributed by atoms with Gasteiger partial charge in [-0.05, 0) is 36.6 Å². The van der Waals surface area contributed by atoms with E-state index >= 15 is 0 Å². The second kappa shape index (κ2) is 7.05. The first-order valence-electron chi connectivity index (χ1n) is 8.33. The number of aryl methyl sites for hydroxylation is 1. The summed E-state index contributed by atoms with van der Waals surface area (Å²) in [5.41, 5.74) is 2.36. The highest BCUT2D eigenvalue weighted by atomic mass is 19.1. The zero-order chi connectivity index (χ0) is 18.0. The number of halogens is 1. The van der Waals surface area contributed by atoms with Crippen molar-refractivity contribution in [2.75, 3.05) is 6.54 Å². The Morgan fingerprint density at radius 3 is 2.44 bits per heavy atom. The lowest BCUT2D eigenvalue weighted by Crippen LogP contribution is -2.57. The number of carbonyl (C=O) groups excluding carboxylic acids is 2. The van der Waals surface area contributed by atoms with Gasteiger partial charge in [-0.1, -0.05) is 42.5 Å². The molecule has 0 aliphatic carbocycles. The quantitative estimate of drug-likeness (QED) is 0.859. The lowest BCUT2D eigenvalue weighted by molar-refractivity contribution is -0.156. The first kappa shape index (κ1) is 17.1. The molecule has 3 rings (SSSR count). The highest BCUT2D eigenvalue weighted by molar-refractivity contribution is 5.94. The van der Waals surface area contributed by atoms with Crippen LogP contribution in [-0.2, 0) is 22.7 Å². The van der Waals surface area contributed by atoms with Gasteiger partial charge in [0, 0.05) is 13.1 Å². The van der Waals surface area contributed by atoms with E-state index in [1.165, 1.54) is 6.07 Å². The minimum Gasteiger partial charge on any atom is -0.327 e. The predicted octanol–water partition coefficient (Wildman–Crippen LogP) is 2.89. The maximum atomic E-state index is 13.4. The Morgan fingerprint density at radius 2 is 1.76 bits per heavy atom. The molecule has 0 aromatic heterocycles. The van der Waals surface area contributed by atoms with Gasteiger partial charge in [-0.2, -0.15) is 0 Å². The zero-order valence-electron chi connectivity index (χ0n) is 14.4. The third kappa shape index (κ3) is 3.71. The Balaban J connectivity index is 1.73. The van der Waals surface area contributed by atoms with Crippen molar-refractivity contribution in [2.45, 2.75) is 33.0 Å². The second-order valence-corrected chi connectivity index (χ2v) is 6.46. The topological polar surface area (TPSA) is 40.6 Å². The molecule has 1 saturated heterocycles. The number of hydrogen-bond acceptors (Lipinski definition) is 2. The molecular weight excluding hydrogens is 319 g/mol. The largest absolute Gasteiger partial charge is 0.327 e. The smallest absolute Gasteiger partial charge is 0.245 e. The summed E-state index contributed by atoms with van der Waals surface area (Å²) in [5.74, 6) is -0.431. The molecule has 0 radical (unpaired) electrons. The number of hydrogen-bond donors (Lipinski definition) is 0. The summed E-state index contributed by atoms with van der Waals surface area (Å²) in [4.78, 5) is 28.4. The van der Waals surface area contributed by atoms with Gasteiger partial charge in [0.15, 0.2) is 0 Å². The van der Waals surface area contributed by atoms with Crippen molar-refractivity contribution in [2.24, 2.45) is 0 Å². The van der Waals surface area contributed by atoms with Crippen LogP contribution in [-0.4, -0.2) is 34.2 Å². The summed E-state index contributed by atoms with van der Waals surface area (Å²) in [5, 5.41) is 0. The van der Waals surface area contributed by atoms with Crippen molar-refractivity contribution < 1.29 is 14.0 Å². The van der Waals surface area contributed by atoms with Crippen LogP contribution in [0.5, 0.6) is 0 Å². The highest BCUT2D eigenvalue weighted by Crippen LogP contribution is 2.19. The molecule has 0 saturated carbocycles. The van der Waals surface area contributed by atoms with Crippen LogP contribution in [0.2, 0.25) is 0 Å². The van der Waals surface area contributed by atoms with Crippen LogP contribution in [0, 0.1) is 12.7 Å². The fourth-order valence-electron chi connectivity index (χ4n) is 3.11.